The molecule has 110 valence electrons. The number of rotatable bonds is 2. The summed E-state index contributed by atoms with van der Waals surface area (Å²) in [6.45, 7) is 11.1. The smallest absolute Gasteiger partial charge is 0.309 e. The highest BCUT2D eigenvalue weighted by Crippen LogP contribution is 2.43. The van der Waals surface area contributed by atoms with Crippen LogP contribution in [0.25, 0.3) is 0 Å². The summed E-state index contributed by atoms with van der Waals surface area (Å²) < 4.78 is 11.6. The molecular weight excluding hydrogens is 260 g/mol. The highest BCUT2D eigenvalue weighted by Gasteiger charge is 2.52. The Morgan fingerprint density at radius 3 is 2.63 bits per heavy atom. The SMILES string of the molecule is CC(C)(C)[Si](C)(C)O[C@H]1CC[C@@]2(O)CC(=O)O[C@H]2C1. The van der Waals surface area contributed by atoms with Crippen molar-refractivity contribution >= 4 is 14.3 Å². The lowest BCUT2D eigenvalue weighted by atomic mass is 9.80. The zero-order chi connectivity index (χ0) is 14.5. The van der Waals surface area contributed by atoms with E-state index in [1.807, 2.05) is 0 Å². The number of fused-ring (bicyclic) bond motifs is 1. The Labute approximate surface area is 116 Å². The summed E-state index contributed by atoms with van der Waals surface area (Å²) in [6.07, 6.45) is 1.93. The van der Waals surface area contributed by atoms with Gasteiger partial charge in [-0.3, -0.25) is 4.79 Å². The molecule has 1 aliphatic heterocycles. The second-order valence-corrected chi connectivity index (χ2v) is 12.3. The summed E-state index contributed by atoms with van der Waals surface area (Å²) in [4.78, 5) is 11.4. The molecule has 0 aromatic heterocycles. The molecule has 2 rings (SSSR count). The first-order valence-corrected chi connectivity index (χ1v) is 10.0. The normalized spacial score (nSPS) is 36.0. The molecule has 2 aliphatic rings. The lowest BCUT2D eigenvalue weighted by Crippen LogP contribution is -2.50. The first-order valence-electron chi connectivity index (χ1n) is 7.13. The van der Waals surface area contributed by atoms with Crippen LogP contribution < -0.4 is 0 Å². The van der Waals surface area contributed by atoms with Crippen LogP contribution in [0.5, 0.6) is 0 Å². The average Bonchev–Trinajstić information content (AvgIpc) is 2.50. The van der Waals surface area contributed by atoms with Crippen molar-refractivity contribution in [2.75, 3.05) is 0 Å². The van der Waals surface area contributed by atoms with E-state index >= 15 is 0 Å². The number of carbonyl (C=O) groups excluding carboxylic acids is 1. The van der Waals surface area contributed by atoms with Crippen molar-refractivity contribution < 1.29 is 19.1 Å². The van der Waals surface area contributed by atoms with Crippen molar-refractivity contribution in [3.8, 4) is 0 Å². The molecule has 1 saturated heterocycles. The van der Waals surface area contributed by atoms with Crippen LogP contribution in [0.3, 0.4) is 0 Å². The molecule has 0 aromatic carbocycles. The third-order valence-electron chi connectivity index (χ3n) is 4.97. The van der Waals surface area contributed by atoms with Crippen LogP contribution in [0.4, 0.5) is 0 Å². The minimum absolute atomic E-state index is 0.108. The van der Waals surface area contributed by atoms with Crippen LogP contribution in [0, 0.1) is 0 Å². The van der Waals surface area contributed by atoms with Crippen molar-refractivity contribution in [2.24, 2.45) is 0 Å². The predicted molar refractivity (Wildman–Crippen MR) is 75.4 cm³/mol. The number of ether oxygens (including phenoxy) is 1. The van der Waals surface area contributed by atoms with E-state index in [2.05, 4.69) is 33.9 Å². The molecule has 1 heterocycles. The van der Waals surface area contributed by atoms with E-state index in [1.54, 1.807) is 0 Å². The van der Waals surface area contributed by atoms with Gasteiger partial charge in [-0.05, 0) is 31.0 Å². The maximum Gasteiger partial charge on any atom is 0.309 e. The lowest BCUT2D eigenvalue weighted by Gasteiger charge is -2.43. The predicted octanol–water partition coefficient (Wildman–Crippen LogP) is 2.61. The monoisotopic (exact) mass is 286 g/mol. The quantitative estimate of drug-likeness (QED) is 0.626. The Morgan fingerprint density at radius 1 is 1.42 bits per heavy atom. The second kappa shape index (κ2) is 4.57. The maximum atomic E-state index is 11.4. The number of esters is 1. The van der Waals surface area contributed by atoms with Crippen molar-refractivity contribution in [2.45, 2.75) is 82.4 Å². The third-order valence-corrected chi connectivity index (χ3v) is 9.50. The van der Waals surface area contributed by atoms with Crippen molar-refractivity contribution in [3.63, 3.8) is 0 Å². The van der Waals surface area contributed by atoms with Crippen LogP contribution in [0.2, 0.25) is 18.1 Å². The van der Waals surface area contributed by atoms with Gasteiger partial charge in [0, 0.05) is 12.5 Å². The van der Waals surface area contributed by atoms with Crippen molar-refractivity contribution in [1.82, 2.24) is 0 Å². The van der Waals surface area contributed by atoms with E-state index in [1.165, 1.54) is 0 Å². The summed E-state index contributed by atoms with van der Waals surface area (Å²) in [5, 5.41) is 10.5. The minimum atomic E-state index is -1.80. The summed E-state index contributed by atoms with van der Waals surface area (Å²) in [5.41, 5.74) is -0.940. The van der Waals surface area contributed by atoms with Crippen LogP contribution in [-0.2, 0) is 14.0 Å². The Morgan fingerprint density at radius 2 is 2.05 bits per heavy atom. The average molecular weight is 286 g/mol. The van der Waals surface area contributed by atoms with Crippen molar-refractivity contribution in [3.05, 3.63) is 0 Å². The van der Waals surface area contributed by atoms with E-state index in [4.69, 9.17) is 9.16 Å². The highest BCUT2D eigenvalue weighted by molar-refractivity contribution is 6.74. The van der Waals surface area contributed by atoms with Gasteiger partial charge in [-0.15, -0.1) is 0 Å². The van der Waals surface area contributed by atoms with Gasteiger partial charge in [0.2, 0.25) is 0 Å². The number of hydrogen-bond donors (Lipinski definition) is 1. The summed E-state index contributed by atoms with van der Waals surface area (Å²) in [5.74, 6) is -0.277. The van der Waals surface area contributed by atoms with E-state index < -0.39 is 13.9 Å². The standard InChI is InChI=1S/C14H26O4Si/c1-13(2,3)19(4,5)18-10-6-7-14(16)9-12(15)17-11(14)8-10/h10-11,16H,6-9H2,1-5H3/t10-,11-,14+/m0/s1. The molecule has 1 saturated carbocycles. The van der Waals surface area contributed by atoms with Gasteiger partial charge in [0.15, 0.2) is 8.32 Å². The van der Waals surface area contributed by atoms with E-state index in [9.17, 15) is 9.90 Å². The molecule has 0 amide bonds. The number of aliphatic hydroxyl groups is 1. The molecule has 0 radical (unpaired) electrons. The van der Waals surface area contributed by atoms with Gasteiger partial charge < -0.3 is 14.3 Å². The van der Waals surface area contributed by atoms with Crippen LogP contribution in [0.15, 0.2) is 0 Å². The summed E-state index contributed by atoms with van der Waals surface area (Å²) in [7, 11) is -1.80. The molecule has 0 aromatic rings. The summed E-state index contributed by atoms with van der Waals surface area (Å²) in [6, 6.07) is 0. The lowest BCUT2D eigenvalue weighted by molar-refractivity contribution is -0.145. The van der Waals surface area contributed by atoms with E-state index in [0.29, 0.717) is 12.8 Å². The second-order valence-electron chi connectivity index (χ2n) is 7.53. The molecule has 0 unspecified atom stereocenters. The molecule has 0 spiro atoms. The minimum Gasteiger partial charge on any atom is -0.459 e. The Bertz CT molecular complexity index is 374. The third kappa shape index (κ3) is 2.88. The van der Waals surface area contributed by atoms with Crippen LogP contribution in [0.1, 0.15) is 46.5 Å². The van der Waals surface area contributed by atoms with Crippen LogP contribution in [-0.4, -0.2) is 37.2 Å². The molecule has 1 N–H and O–H groups in total. The van der Waals surface area contributed by atoms with Gasteiger partial charge in [-0.25, -0.2) is 0 Å². The zero-order valence-corrected chi connectivity index (χ0v) is 13.7. The van der Waals surface area contributed by atoms with Gasteiger partial charge in [0.25, 0.3) is 0 Å². The van der Waals surface area contributed by atoms with Gasteiger partial charge in [0.1, 0.15) is 11.7 Å². The van der Waals surface area contributed by atoms with Gasteiger partial charge in [-0.2, -0.15) is 0 Å². The number of hydrogen-bond acceptors (Lipinski definition) is 4. The van der Waals surface area contributed by atoms with Crippen molar-refractivity contribution in [1.29, 1.82) is 0 Å². The molecule has 1 aliphatic carbocycles. The number of carbonyl (C=O) groups is 1. The summed E-state index contributed by atoms with van der Waals surface area (Å²) >= 11 is 0. The fourth-order valence-corrected chi connectivity index (χ4v) is 4.06. The fraction of sp³-hybridized carbons (Fsp3) is 0.929. The van der Waals surface area contributed by atoms with Gasteiger partial charge >= 0.3 is 5.97 Å². The molecule has 3 atom stereocenters. The van der Waals surface area contributed by atoms with Gasteiger partial charge in [-0.1, -0.05) is 20.8 Å². The molecule has 4 nitrogen and oxygen atoms in total. The van der Waals surface area contributed by atoms with E-state index in [-0.39, 0.29) is 29.6 Å². The molecule has 5 heteroatoms. The topological polar surface area (TPSA) is 55.8 Å². The van der Waals surface area contributed by atoms with Crippen LogP contribution >= 0.6 is 0 Å². The molecule has 0 bridgehead atoms. The maximum absolute atomic E-state index is 11.4. The zero-order valence-electron chi connectivity index (χ0n) is 12.7. The fourth-order valence-electron chi connectivity index (χ4n) is 2.66. The Kier molecular flexibility index (Phi) is 3.61. The molecular formula is C14H26O4Si. The first kappa shape index (κ1) is 15.0. The Balaban J connectivity index is 2.01. The molecule has 19 heavy (non-hydrogen) atoms. The Hall–Kier alpha value is -0.393. The largest absolute Gasteiger partial charge is 0.459 e. The van der Waals surface area contributed by atoms with E-state index in [0.717, 1.165) is 6.42 Å². The first-order chi connectivity index (χ1) is 8.53. The van der Waals surface area contributed by atoms with Gasteiger partial charge in [0.05, 0.1) is 6.42 Å². The highest BCUT2D eigenvalue weighted by atomic mass is 28.4. The molecule has 2 fully saturated rings.